The fourth-order valence-electron chi connectivity index (χ4n) is 5.37. The Kier molecular flexibility index (Phi) is 7.54. The van der Waals surface area contributed by atoms with Crippen LogP contribution in [0, 0.1) is 5.92 Å². The number of amides is 3. The van der Waals surface area contributed by atoms with Crippen molar-refractivity contribution in [2.45, 2.75) is 69.9 Å². The molecule has 1 aromatic rings. The lowest BCUT2D eigenvalue weighted by Gasteiger charge is -2.40. The quantitative estimate of drug-likeness (QED) is 0.642. The van der Waals surface area contributed by atoms with Gasteiger partial charge in [-0.3, -0.25) is 9.69 Å². The number of benzene rings is 1. The molecule has 1 saturated carbocycles. The predicted octanol–water partition coefficient (Wildman–Crippen LogP) is 4.36. The first-order valence-electron chi connectivity index (χ1n) is 11.7. The zero-order valence-corrected chi connectivity index (χ0v) is 20.0. The number of rotatable bonds is 6. The van der Waals surface area contributed by atoms with E-state index >= 15 is 0 Å². The van der Waals surface area contributed by atoms with Crippen molar-refractivity contribution in [3.05, 3.63) is 28.2 Å². The van der Waals surface area contributed by atoms with Crippen LogP contribution in [0.15, 0.2) is 22.7 Å². The highest BCUT2D eigenvalue weighted by molar-refractivity contribution is 9.10. The molecule has 3 fully saturated rings. The smallest absolute Gasteiger partial charge is 0.324 e. The number of carbonyl (C=O) groups is 2. The maximum atomic E-state index is 12.7. The first-order valence-corrected chi connectivity index (χ1v) is 12.5. The van der Waals surface area contributed by atoms with Crippen LogP contribution in [0.4, 0.5) is 4.79 Å². The van der Waals surface area contributed by atoms with Gasteiger partial charge in [0, 0.05) is 23.5 Å². The van der Waals surface area contributed by atoms with Crippen molar-refractivity contribution in [1.82, 2.24) is 15.1 Å². The third kappa shape index (κ3) is 5.61. The summed E-state index contributed by atoms with van der Waals surface area (Å²) in [5.74, 6) is 1.55. The molecule has 1 unspecified atom stereocenters. The first-order chi connectivity index (χ1) is 15.0. The van der Waals surface area contributed by atoms with Crippen molar-refractivity contribution in [2.24, 2.45) is 5.92 Å². The van der Waals surface area contributed by atoms with Gasteiger partial charge < -0.3 is 15.0 Å². The van der Waals surface area contributed by atoms with Crippen LogP contribution in [-0.2, 0) is 11.2 Å². The number of imide groups is 1. The lowest BCUT2D eigenvalue weighted by molar-refractivity contribution is -0.132. The Balaban J connectivity index is 1.25. The van der Waals surface area contributed by atoms with Crippen molar-refractivity contribution >= 4 is 27.9 Å². The van der Waals surface area contributed by atoms with Gasteiger partial charge in [0.25, 0.3) is 0 Å². The first kappa shape index (κ1) is 22.6. The molecule has 31 heavy (non-hydrogen) atoms. The molecule has 1 atom stereocenters. The third-order valence-electron chi connectivity index (χ3n) is 7.12. The largest absolute Gasteiger partial charge is 0.497 e. The zero-order valence-electron chi connectivity index (χ0n) is 18.4. The maximum Gasteiger partial charge on any atom is 0.324 e. The van der Waals surface area contributed by atoms with Gasteiger partial charge in [-0.05, 0) is 74.9 Å². The average molecular weight is 492 g/mol. The number of methoxy groups -OCH3 is 1. The molecule has 1 aromatic carbocycles. The molecule has 0 radical (unpaired) electrons. The van der Waals surface area contributed by atoms with E-state index in [0.29, 0.717) is 12.3 Å². The molecule has 2 heterocycles. The topological polar surface area (TPSA) is 61.9 Å². The minimum atomic E-state index is -0.175. The van der Waals surface area contributed by atoms with Crippen LogP contribution in [-0.4, -0.2) is 60.6 Å². The number of carbonyl (C=O) groups excluding carboxylic acids is 2. The normalized spacial score (nSPS) is 24.3. The molecule has 4 rings (SSSR count). The van der Waals surface area contributed by atoms with E-state index in [2.05, 4.69) is 38.3 Å². The van der Waals surface area contributed by atoms with Gasteiger partial charge in [-0.1, -0.05) is 35.2 Å². The van der Waals surface area contributed by atoms with Crippen molar-refractivity contribution in [2.75, 3.05) is 26.7 Å². The maximum absolute atomic E-state index is 12.7. The molecular weight excluding hydrogens is 458 g/mol. The van der Waals surface area contributed by atoms with E-state index in [-0.39, 0.29) is 24.0 Å². The number of nitrogens with one attached hydrogen (secondary N) is 1. The molecule has 1 aliphatic carbocycles. The molecule has 3 amide bonds. The monoisotopic (exact) mass is 491 g/mol. The zero-order chi connectivity index (χ0) is 21.8. The summed E-state index contributed by atoms with van der Waals surface area (Å²) < 4.78 is 6.51. The number of halogens is 1. The van der Waals surface area contributed by atoms with Gasteiger partial charge in [-0.15, -0.1) is 0 Å². The number of hydrogen-bond donors (Lipinski definition) is 1. The molecule has 2 aliphatic heterocycles. The second kappa shape index (κ2) is 10.3. The molecule has 0 aromatic heterocycles. The van der Waals surface area contributed by atoms with Crippen molar-refractivity contribution < 1.29 is 14.3 Å². The Morgan fingerprint density at radius 2 is 1.84 bits per heavy atom. The van der Waals surface area contributed by atoms with E-state index in [1.54, 1.807) is 7.11 Å². The van der Waals surface area contributed by atoms with E-state index in [1.165, 1.54) is 16.9 Å². The average Bonchev–Trinajstić information content (AvgIpc) is 2.77. The highest BCUT2D eigenvalue weighted by atomic mass is 79.9. The van der Waals surface area contributed by atoms with E-state index in [9.17, 15) is 9.59 Å². The van der Waals surface area contributed by atoms with E-state index in [4.69, 9.17) is 4.74 Å². The molecule has 2 saturated heterocycles. The SMILES string of the molecule is COc1ccc(Br)c(CC2CCN(CC3CC(=O)N(C4CCCCC4)C(=O)N3)CC2)c1. The summed E-state index contributed by atoms with van der Waals surface area (Å²) in [7, 11) is 1.70. The molecule has 0 bridgehead atoms. The minimum Gasteiger partial charge on any atom is -0.497 e. The van der Waals surface area contributed by atoms with Crippen LogP contribution in [0.3, 0.4) is 0 Å². The Morgan fingerprint density at radius 1 is 1.10 bits per heavy atom. The molecule has 0 spiro atoms. The highest BCUT2D eigenvalue weighted by Gasteiger charge is 2.37. The Bertz CT molecular complexity index is 770. The fourth-order valence-corrected chi connectivity index (χ4v) is 5.78. The highest BCUT2D eigenvalue weighted by Crippen LogP contribution is 2.29. The lowest BCUT2D eigenvalue weighted by atomic mass is 9.89. The lowest BCUT2D eigenvalue weighted by Crippen LogP contribution is -2.60. The summed E-state index contributed by atoms with van der Waals surface area (Å²) in [6.45, 7) is 2.80. The van der Waals surface area contributed by atoms with Gasteiger partial charge in [0.05, 0.1) is 13.2 Å². The number of ether oxygens (including phenoxy) is 1. The second-order valence-electron chi connectivity index (χ2n) is 9.31. The molecule has 3 aliphatic rings. The number of nitrogens with zero attached hydrogens (tertiary/aromatic N) is 2. The van der Waals surface area contributed by atoms with Gasteiger partial charge in [-0.25, -0.2) is 4.79 Å². The Morgan fingerprint density at radius 3 is 2.52 bits per heavy atom. The molecular formula is C24H34BrN3O3. The van der Waals surface area contributed by atoms with Gasteiger partial charge in [0.1, 0.15) is 5.75 Å². The minimum absolute atomic E-state index is 0.0124. The summed E-state index contributed by atoms with van der Waals surface area (Å²) >= 11 is 3.67. The number of hydrogen-bond acceptors (Lipinski definition) is 4. The van der Waals surface area contributed by atoms with E-state index < -0.39 is 0 Å². The van der Waals surface area contributed by atoms with Crippen LogP contribution in [0.5, 0.6) is 5.75 Å². The number of urea groups is 1. The van der Waals surface area contributed by atoms with Gasteiger partial charge >= 0.3 is 6.03 Å². The fraction of sp³-hybridized carbons (Fsp3) is 0.667. The van der Waals surface area contributed by atoms with Crippen LogP contribution < -0.4 is 10.1 Å². The predicted molar refractivity (Wildman–Crippen MR) is 124 cm³/mol. The Hall–Kier alpha value is -1.60. The standard InChI is InChI=1S/C24H34BrN3O3/c1-31-21-7-8-22(25)18(14-21)13-17-9-11-27(12-10-17)16-19-15-23(29)28(24(30)26-19)20-5-3-2-4-6-20/h7-8,14,17,19-20H,2-6,9-13,15-16H2,1H3,(H,26,30). The Labute approximate surface area is 193 Å². The van der Waals surface area contributed by atoms with Crippen molar-refractivity contribution in [1.29, 1.82) is 0 Å². The van der Waals surface area contributed by atoms with E-state index in [1.807, 2.05) is 6.07 Å². The van der Waals surface area contributed by atoms with Crippen molar-refractivity contribution in [3.63, 3.8) is 0 Å². The van der Waals surface area contributed by atoms with Crippen LogP contribution in [0.25, 0.3) is 0 Å². The molecule has 1 N–H and O–H groups in total. The van der Waals surface area contributed by atoms with Crippen LogP contribution in [0.2, 0.25) is 0 Å². The molecule has 7 heteroatoms. The molecule has 6 nitrogen and oxygen atoms in total. The van der Waals surface area contributed by atoms with Gasteiger partial charge in [0.2, 0.25) is 5.91 Å². The summed E-state index contributed by atoms with van der Waals surface area (Å²) in [4.78, 5) is 29.3. The summed E-state index contributed by atoms with van der Waals surface area (Å²) in [6.07, 6.45) is 9.10. The van der Waals surface area contributed by atoms with Crippen LogP contribution >= 0.6 is 15.9 Å². The summed E-state index contributed by atoms with van der Waals surface area (Å²) in [6, 6.07) is 6.02. The van der Waals surface area contributed by atoms with Crippen LogP contribution in [0.1, 0.15) is 56.9 Å². The van der Waals surface area contributed by atoms with E-state index in [0.717, 1.165) is 74.8 Å². The number of piperidine rings is 1. The number of likely N-dealkylation sites (tertiary alicyclic amines) is 1. The summed E-state index contributed by atoms with van der Waals surface area (Å²) in [5, 5.41) is 3.12. The third-order valence-corrected chi connectivity index (χ3v) is 7.90. The van der Waals surface area contributed by atoms with Gasteiger partial charge in [0.15, 0.2) is 0 Å². The summed E-state index contributed by atoms with van der Waals surface area (Å²) in [5.41, 5.74) is 1.30. The second-order valence-corrected chi connectivity index (χ2v) is 10.2. The van der Waals surface area contributed by atoms with Gasteiger partial charge in [-0.2, -0.15) is 0 Å². The van der Waals surface area contributed by atoms with Crippen molar-refractivity contribution in [3.8, 4) is 5.75 Å². The molecule has 170 valence electrons.